The molecule has 0 spiro atoms. The molecule has 1 heterocycles. The number of nitrogens with zero attached hydrogens (tertiary/aromatic N) is 1. The number of nitrogen functional groups attached to an aromatic ring is 1. The zero-order valence-corrected chi connectivity index (χ0v) is 10.5. The van der Waals surface area contributed by atoms with Crippen molar-refractivity contribution in [3.8, 4) is 5.88 Å². The lowest BCUT2D eigenvalue weighted by atomic mass is 9.82. The fourth-order valence-corrected chi connectivity index (χ4v) is 2.70. The Morgan fingerprint density at radius 3 is 2.59 bits per heavy atom. The highest BCUT2D eigenvalue weighted by Gasteiger charge is 2.25. The Labute approximate surface area is 103 Å². The number of nitrogens with two attached hydrogens (primary N) is 1. The van der Waals surface area contributed by atoms with Crippen LogP contribution in [0.1, 0.15) is 33.1 Å². The molecular formula is C13H21N3O. The van der Waals surface area contributed by atoms with Crippen molar-refractivity contribution in [2.24, 2.45) is 17.7 Å². The molecule has 0 radical (unpaired) electrons. The average Bonchev–Trinajstić information content (AvgIpc) is 2.28. The van der Waals surface area contributed by atoms with Crippen molar-refractivity contribution in [2.75, 3.05) is 5.43 Å². The van der Waals surface area contributed by atoms with Crippen molar-refractivity contribution in [3.05, 3.63) is 18.2 Å². The van der Waals surface area contributed by atoms with Crippen LogP contribution in [0, 0.1) is 11.8 Å². The maximum atomic E-state index is 5.93. The summed E-state index contributed by atoms with van der Waals surface area (Å²) in [4.78, 5) is 4.28. The molecule has 4 nitrogen and oxygen atoms in total. The largest absolute Gasteiger partial charge is 0.474 e. The van der Waals surface area contributed by atoms with Crippen LogP contribution in [-0.4, -0.2) is 11.1 Å². The molecule has 1 saturated carbocycles. The van der Waals surface area contributed by atoms with Gasteiger partial charge in [-0.1, -0.05) is 19.9 Å². The van der Waals surface area contributed by atoms with Gasteiger partial charge in [-0.15, -0.1) is 0 Å². The van der Waals surface area contributed by atoms with Crippen molar-refractivity contribution in [2.45, 2.75) is 39.2 Å². The Morgan fingerprint density at radius 1 is 1.24 bits per heavy atom. The number of aromatic nitrogens is 1. The Kier molecular flexibility index (Phi) is 3.84. The number of anilines is 1. The van der Waals surface area contributed by atoms with Gasteiger partial charge in [-0.3, -0.25) is 0 Å². The smallest absolute Gasteiger partial charge is 0.215 e. The number of hydrogen-bond acceptors (Lipinski definition) is 4. The van der Waals surface area contributed by atoms with E-state index < -0.39 is 0 Å². The predicted octanol–water partition coefficient (Wildman–Crippen LogP) is 2.57. The summed E-state index contributed by atoms with van der Waals surface area (Å²) in [5.41, 5.74) is 2.53. The lowest BCUT2D eigenvalue weighted by Crippen LogP contribution is -2.28. The predicted molar refractivity (Wildman–Crippen MR) is 68.6 cm³/mol. The summed E-state index contributed by atoms with van der Waals surface area (Å²) >= 11 is 0. The minimum atomic E-state index is 0.286. The first-order valence-corrected chi connectivity index (χ1v) is 6.27. The van der Waals surface area contributed by atoms with Crippen LogP contribution in [0.25, 0.3) is 0 Å². The van der Waals surface area contributed by atoms with E-state index in [2.05, 4.69) is 24.3 Å². The third kappa shape index (κ3) is 3.33. The molecule has 1 aliphatic carbocycles. The molecule has 3 N–H and O–H groups in total. The fraction of sp³-hybridized carbons (Fsp3) is 0.615. The molecule has 0 bridgehead atoms. The Balaban J connectivity index is 1.99. The second kappa shape index (κ2) is 5.36. The molecule has 0 saturated heterocycles. The van der Waals surface area contributed by atoms with Crippen molar-refractivity contribution >= 4 is 5.82 Å². The lowest BCUT2D eigenvalue weighted by Gasteiger charge is -2.31. The van der Waals surface area contributed by atoms with E-state index in [1.165, 1.54) is 6.42 Å². The molecular weight excluding hydrogens is 214 g/mol. The van der Waals surface area contributed by atoms with Gasteiger partial charge < -0.3 is 10.2 Å². The summed E-state index contributed by atoms with van der Waals surface area (Å²) in [5.74, 6) is 8.10. The summed E-state index contributed by atoms with van der Waals surface area (Å²) in [6.45, 7) is 4.58. The monoisotopic (exact) mass is 235 g/mol. The quantitative estimate of drug-likeness (QED) is 0.624. The zero-order chi connectivity index (χ0) is 12.3. The molecule has 0 amide bonds. The number of ether oxygens (including phenoxy) is 1. The molecule has 0 aliphatic heterocycles. The first-order chi connectivity index (χ1) is 8.17. The van der Waals surface area contributed by atoms with E-state index in [9.17, 15) is 0 Å². The van der Waals surface area contributed by atoms with Crippen LogP contribution in [0.2, 0.25) is 0 Å². The SMILES string of the molecule is CC1CC(C)CC(Oc2cccc(NN)n2)C1. The van der Waals surface area contributed by atoms with Crippen LogP contribution in [0.3, 0.4) is 0 Å². The normalized spacial score (nSPS) is 28.8. The van der Waals surface area contributed by atoms with E-state index in [0.717, 1.165) is 24.7 Å². The zero-order valence-electron chi connectivity index (χ0n) is 10.5. The standard InChI is InChI=1S/C13H21N3O/c1-9-6-10(2)8-11(7-9)17-13-5-3-4-12(15-13)16-14/h3-5,9-11H,6-8,14H2,1-2H3,(H,15,16). The molecule has 2 unspecified atom stereocenters. The molecule has 1 aliphatic rings. The molecule has 1 aromatic rings. The second-order valence-electron chi connectivity index (χ2n) is 5.16. The maximum absolute atomic E-state index is 5.93. The first-order valence-electron chi connectivity index (χ1n) is 6.27. The molecule has 17 heavy (non-hydrogen) atoms. The van der Waals surface area contributed by atoms with Gasteiger partial charge in [0.1, 0.15) is 11.9 Å². The Morgan fingerprint density at radius 2 is 1.94 bits per heavy atom. The molecule has 2 atom stereocenters. The molecule has 0 aromatic carbocycles. The van der Waals surface area contributed by atoms with Crippen molar-refractivity contribution < 1.29 is 4.74 Å². The minimum absolute atomic E-state index is 0.286. The number of hydrazine groups is 1. The van der Waals surface area contributed by atoms with Gasteiger partial charge in [0.05, 0.1) is 0 Å². The number of rotatable bonds is 3. The van der Waals surface area contributed by atoms with Crippen LogP contribution < -0.4 is 16.0 Å². The molecule has 1 aromatic heterocycles. The third-order valence-electron chi connectivity index (χ3n) is 3.29. The topological polar surface area (TPSA) is 60.2 Å². The highest BCUT2D eigenvalue weighted by molar-refractivity contribution is 5.35. The summed E-state index contributed by atoms with van der Waals surface area (Å²) < 4.78 is 5.93. The van der Waals surface area contributed by atoms with Gasteiger partial charge in [0.2, 0.25) is 5.88 Å². The van der Waals surface area contributed by atoms with Crippen molar-refractivity contribution in [1.29, 1.82) is 0 Å². The van der Waals surface area contributed by atoms with Gasteiger partial charge in [-0.25, -0.2) is 5.84 Å². The molecule has 2 rings (SSSR count). The van der Waals surface area contributed by atoms with Crippen LogP contribution >= 0.6 is 0 Å². The summed E-state index contributed by atoms with van der Waals surface area (Å²) in [5, 5.41) is 0. The fourth-order valence-electron chi connectivity index (χ4n) is 2.70. The Hall–Kier alpha value is -1.29. The van der Waals surface area contributed by atoms with E-state index >= 15 is 0 Å². The maximum Gasteiger partial charge on any atom is 0.215 e. The molecule has 94 valence electrons. The average molecular weight is 235 g/mol. The molecule has 1 fully saturated rings. The first kappa shape index (κ1) is 12.2. The number of hydrogen-bond donors (Lipinski definition) is 2. The van der Waals surface area contributed by atoms with Crippen molar-refractivity contribution in [3.63, 3.8) is 0 Å². The van der Waals surface area contributed by atoms with Crippen LogP contribution in [-0.2, 0) is 0 Å². The lowest BCUT2D eigenvalue weighted by molar-refractivity contribution is 0.0969. The highest BCUT2D eigenvalue weighted by Crippen LogP contribution is 2.30. The van der Waals surface area contributed by atoms with E-state index in [1.54, 1.807) is 0 Å². The van der Waals surface area contributed by atoms with Crippen LogP contribution in [0.4, 0.5) is 5.82 Å². The van der Waals surface area contributed by atoms with Gasteiger partial charge in [-0.2, -0.15) is 4.98 Å². The van der Waals surface area contributed by atoms with Gasteiger partial charge >= 0.3 is 0 Å². The second-order valence-corrected chi connectivity index (χ2v) is 5.16. The summed E-state index contributed by atoms with van der Waals surface area (Å²) in [6, 6.07) is 5.59. The van der Waals surface area contributed by atoms with Crippen LogP contribution in [0.15, 0.2) is 18.2 Å². The van der Waals surface area contributed by atoms with Crippen LogP contribution in [0.5, 0.6) is 5.88 Å². The van der Waals surface area contributed by atoms with Gasteiger partial charge in [0.15, 0.2) is 0 Å². The van der Waals surface area contributed by atoms with Gasteiger partial charge in [-0.05, 0) is 37.2 Å². The van der Waals surface area contributed by atoms with E-state index in [0.29, 0.717) is 11.7 Å². The van der Waals surface area contributed by atoms with E-state index in [-0.39, 0.29) is 6.10 Å². The molecule has 4 heteroatoms. The third-order valence-corrected chi connectivity index (χ3v) is 3.29. The number of pyridine rings is 1. The Bertz CT molecular complexity index is 359. The number of nitrogens with one attached hydrogen (secondary N) is 1. The van der Waals surface area contributed by atoms with E-state index in [1.807, 2.05) is 18.2 Å². The van der Waals surface area contributed by atoms with Gasteiger partial charge in [0, 0.05) is 6.07 Å². The van der Waals surface area contributed by atoms with Gasteiger partial charge in [0.25, 0.3) is 0 Å². The van der Waals surface area contributed by atoms with Crippen molar-refractivity contribution in [1.82, 2.24) is 4.98 Å². The minimum Gasteiger partial charge on any atom is -0.474 e. The summed E-state index contributed by atoms with van der Waals surface area (Å²) in [6.07, 6.45) is 3.82. The highest BCUT2D eigenvalue weighted by atomic mass is 16.5. The summed E-state index contributed by atoms with van der Waals surface area (Å²) in [7, 11) is 0. The van der Waals surface area contributed by atoms with E-state index in [4.69, 9.17) is 10.6 Å².